The molecule has 0 fully saturated rings. The van der Waals surface area contributed by atoms with Crippen molar-refractivity contribution in [1.29, 1.82) is 0 Å². The van der Waals surface area contributed by atoms with E-state index < -0.39 is 26.5 Å². The fourth-order valence-corrected chi connectivity index (χ4v) is 8.52. The molecular formula is C33H57NO4SSi. The lowest BCUT2D eigenvalue weighted by atomic mass is 9.75. The summed E-state index contributed by atoms with van der Waals surface area (Å²) in [7, 11) is -1.73. The van der Waals surface area contributed by atoms with Gasteiger partial charge in [-0.05, 0) is 82.4 Å². The molecule has 0 aliphatic rings. The number of hydrogen-bond donors (Lipinski definition) is 1. The van der Waals surface area contributed by atoms with Crippen molar-refractivity contribution in [3.05, 3.63) is 33.3 Å². The van der Waals surface area contributed by atoms with E-state index in [2.05, 4.69) is 71.0 Å². The first-order chi connectivity index (χ1) is 18.5. The van der Waals surface area contributed by atoms with Gasteiger partial charge in [0.1, 0.15) is 11.9 Å². The number of hydrogen-bond acceptors (Lipinski definition) is 5. The van der Waals surface area contributed by atoms with E-state index in [1.165, 1.54) is 11.1 Å². The van der Waals surface area contributed by atoms with Gasteiger partial charge in [0.2, 0.25) is 0 Å². The number of ketones is 1. The van der Waals surface area contributed by atoms with E-state index >= 15 is 0 Å². The number of nitrogens with zero attached hydrogens (tertiary/aromatic N) is 1. The number of thiazole rings is 1. The number of carboxylic acid groups (broad SMARTS) is 1. The minimum Gasteiger partial charge on any atom is -0.479 e. The smallest absolute Gasteiger partial charge is 0.331 e. The molecule has 0 aliphatic heterocycles. The molecular weight excluding hydrogens is 535 g/mol. The summed E-state index contributed by atoms with van der Waals surface area (Å²) in [5, 5.41) is 13.1. The van der Waals surface area contributed by atoms with Crippen molar-refractivity contribution in [2.75, 3.05) is 0 Å². The number of carbonyl (C=O) groups is 2. The number of rotatable bonds is 18. The molecule has 1 aromatic rings. The Bertz CT molecular complexity index is 1000. The van der Waals surface area contributed by atoms with Crippen LogP contribution >= 0.6 is 11.3 Å². The van der Waals surface area contributed by atoms with Gasteiger partial charge in [-0.15, -0.1) is 11.3 Å². The lowest BCUT2D eigenvalue weighted by molar-refractivity contribution is -0.148. The molecule has 228 valence electrons. The standard InChI is InChI=1S/C33H57NO4SSi/c1-12-40(32(7,8)9)38-29(31(36)37)21-33(10,11)30(35)26(5)19-24(3)17-13-15-23(2)16-14-18-25(4)20-28-22-39-27(6)34-28/h16,20,22,24,26,29,40H,12-15,17-19,21H2,1-11H3,(H,36,37)/b23-16+,25-20+/t24-,26+,29-,40?/m1/s1. The normalized spacial score (nSPS) is 16.5. The second-order valence-corrected chi connectivity index (χ2v) is 18.5. The van der Waals surface area contributed by atoms with Crippen LogP contribution in [0.1, 0.15) is 125 Å². The van der Waals surface area contributed by atoms with Crippen molar-refractivity contribution in [3.63, 3.8) is 0 Å². The summed E-state index contributed by atoms with van der Waals surface area (Å²) in [5.74, 6) is -0.471. The average molecular weight is 592 g/mol. The number of allylic oxidation sites excluding steroid dienone is 3. The molecule has 0 aliphatic carbocycles. The van der Waals surface area contributed by atoms with Crippen molar-refractivity contribution in [2.24, 2.45) is 17.3 Å². The molecule has 0 radical (unpaired) electrons. The molecule has 1 aromatic heterocycles. The van der Waals surface area contributed by atoms with Crippen molar-refractivity contribution in [1.82, 2.24) is 4.98 Å². The third-order valence-corrected chi connectivity index (χ3v) is 12.0. The van der Waals surface area contributed by atoms with Crippen LogP contribution in [-0.2, 0) is 14.0 Å². The molecule has 40 heavy (non-hydrogen) atoms. The maximum absolute atomic E-state index is 13.4. The Kier molecular flexibility index (Phi) is 15.3. The summed E-state index contributed by atoms with van der Waals surface area (Å²) in [6.07, 6.45) is 10.0. The van der Waals surface area contributed by atoms with Crippen molar-refractivity contribution in [2.45, 2.75) is 138 Å². The Morgan fingerprint density at radius 3 is 2.30 bits per heavy atom. The van der Waals surface area contributed by atoms with Gasteiger partial charge in [0, 0.05) is 16.7 Å². The topological polar surface area (TPSA) is 76.5 Å². The minimum atomic E-state index is -1.73. The molecule has 0 amide bonds. The molecule has 1 rings (SSSR count). The van der Waals surface area contributed by atoms with Crippen LogP contribution in [0.5, 0.6) is 0 Å². The van der Waals surface area contributed by atoms with Gasteiger partial charge in [-0.25, -0.2) is 9.78 Å². The van der Waals surface area contributed by atoms with Gasteiger partial charge in [0.25, 0.3) is 0 Å². The van der Waals surface area contributed by atoms with E-state index in [4.69, 9.17) is 4.43 Å². The molecule has 0 saturated carbocycles. The van der Waals surface area contributed by atoms with Crippen LogP contribution in [0.2, 0.25) is 11.1 Å². The second kappa shape index (κ2) is 16.8. The first-order valence-electron chi connectivity index (χ1n) is 15.1. The SMILES string of the molecule is CC[SiH](O[C@H](CC(C)(C)C(=O)[C@@H](C)C[C@H](C)CCC/C(C)=C/CC/C(C)=C/c1csc(C)n1)C(=O)O)C(C)(C)C. The van der Waals surface area contributed by atoms with Crippen LogP contribution in [0.15, 0.2) is 22.6 Å². The lowest BCUT2D eigenvalue weighted by Gasteiger charge is -2.34. The van der Waals surface area contributed by atoms with Gasteiger partial charge in [0.15, 0.2) is 9.04 Å². The molecule has 0 aromatic carbocycles. The first-order valence-corrected chi connectivity index (χ1v) is 17.9. The van der Waals surface area contributed by atoms with Gasteiger partial charge < -0.3 is 9.53 Å². The molecule has 7 heteroatoms. The third kappa shape index (κ3) is 13.4. The first kappa shape index (κ1) is 36.5. The predicted molar refractivity (Wildman–Crippen MR) is 174 cm³/mol. The summed E-state index contributed by atoms with van der Waals surface area (Å²) < 4.78 is 6.19. The van der Waals surface area contributed by atoms with Crippen LogP contribution < -0.4 is 0 Å². The second-order valence-electron chi connectivity index (χ2n) is 13.7. The predicted octanol–water partition coefficient (Wildman–Crippen LogP) is 9.41. The van der Waals surface area contributed by atoms with Crippen LogP contribution in [0.25, 0.3) is 6.08 Å². The minimum absolute atomic E-state index is 0.0238. The zero-order valence-corrected chi connectivity index (χ0v) is 29.2. The molecule has 0 saturated heterocycles. The van der Waals surface area contributed by atoms with Gasteiger partial charge in [-0.1, -0.05) is 79.0 Å². The van der Waals surface area contributed by atoms with Gasteiger partial charge in [-0.2, -0.15) is 0 Å². The Labute approximate surface area is 250 Å². The molecule has 1 heterocycles. The summed E-state index contributed by atoms with van der Waals surface area (Å²) in [4.78, 5) is 30.0. The monoisotopic (exact) mass is 591 g/mol. The van der Waals surface area contributed by atoms with Gasteiger partial charge in [-0.3, -0.25) is 4.79 Å². The van der Waals surface area contributed by atoms with E-state index in [-0.39, 0.29) is 23.2 Å². The van der Waals surface area contributed by atoms with Crippen molar-refractivity contribution in [3.8, 4) is 0 Å². The molecule has 1 N–H and O–H groups in total. The summed E-state index contributed by atoms with van der Waals surface area (Å²) in [5.41, 5.74) is 3.11. The molecule has 5 nitrogen and oxygen atoms in total. The van der Waals surface area contributed by atoms with E-state index in [0.29, 0.717) is 5.92 Å². The van der Waals surface area contributed by atoms with Crippen LogP contribution in [0, 0.1) is 24.2 Å². The fourth-order valence-electron chi connectivity index (χ4n) is 5.51. The Morgan fingerprint density at radius 1 is 1.12 bits per heavy atom. The third-order valence-electron chi connectivity index (χ3n) is 7.84. The number of aromatic nitrogens is 1. The highest BCUT2D eigenvalue weighted by molar-refractivity contribution is 7.09. The molecule has 4 atom stereocenters. The molecule has 0 spiro atoms. The van der Waals surface area contributed by atoms with Crippen molar-refractivity contribution < 1.29 is 19.1 Å². The molecule has 0 bridgehead atoms. The summed E-state index contributed by atoms with van der Waals surface area (Å²) in [6.45, 7) is 22.9. The highest BCUT2D eigenvalue weighted by Crippen LogP contribution is 2.35. The van der Waals surface area contributed by atoms with Gasteiger partial charge >= 0.3 is 5.97 Å². The van der Waals surface area contributed by atoms with E-state index in [9.17, 15) is 14.7 Å². The number of aryl methyl sites for hydroxylation is 1. The zero-order chi connectivity index (χ0) is 30.7. The van der Waals surface area contributed by atoms with Gasteiger partial charge in [0.05, 0.1) is 10.7 Å². The van der Waals surface area contributed by atoms with Crippen molar-refractivity contribution >= 4 is 38.2 Å². The van der Waals surface area contributed by atoms with Crippen LogP contribution in [0.3, 0.4) is 0 Å². The number of carbonyl (C=O) groups excluding carboxylic acids is 1. The quantitative estimate of drug-likeness (QED) is 0.136. The van der Waals surface area contributed by atoms with E-state index in [1.54, 1.807) is 11.3 Å². The largest absolute Gasteiger partial charge is 0.479 e. The Balaban J connectivity index is 2.53. The van der Waals surface area contributed by atoms with E-state index in [1.807, 2.05) is 27.7 Å². The maximum Gasteiger partial charge on any atom is 0.331 e. The van der Waals surface area contributed by atoms with Crippen LogP contribution in [0.4, 0.5) is 0 Å². The highest BCUT2D eigenvalue weighted by Gasteiger charge is 2.39. The number of Topliss-reactive ketones (excluding diaryl/α,β-unsaturated/α-hetero) is 1. The van der Waals surface area contributed by atoms with E-state index in [0.717, 1.165) is 55.3 Å². The average Bonchev–Trinajstić information content (AvgIpc) is 3.24. The maximum atomic E-state index is 13.4. The van der Waals surface area contributed by atoms with Crippen LogP contribution in [-0.4, -0.2) is 37.0 Å². The lowest BCUT2D eigenvalue weighted by Crippen LogP contribution is -2.42. The zero-order valence-electron chi connectivity index (χ0n) is 27.2. The number of carboxylic acids is 1. The Morgan fingerprint density at radius 2 is 1.77 bits per heavy atom. The highest BCUT2D eigenvalue weighted by atomic mass is 32.1. The number of aliphatic carboxylic acids is 1. The fraction of sp³-hybridized carbons (Fsp3) is 0.727. The summed E-state index contributed by atoms with van der Waals surface area (Å²) >= 11 is 1.69. The molecule has 1 unspecified atom stereocenters. The Hall–Kier alpha value is -1.57. The summed E-state index contributed by atoms with van der Waals surface area (Å²) in [6, 6.07) is 0.869.